The molecule has 2 rings (SSSR count). The van der Waals surface area contributed by atoms with Crippen molar-refractivity contribution in [3.8, 4) is 0 Å². The molecular formula is C15H22ClN5O. The Hall–Kier alpha value is -1.82. The van der Waals surface area contributed by atoms with Gasteiger partial charge in [0.25, 0.3) is 0 Å². The minimum absolute atomic E-state index is 0.0316. The van der Waals surface area contributed by atoms with Crippen molar-refractivity contribution >= 4 is 17.5 Å². The lowest BCUT2D eigenvalue weighted by atomic mass is 10.1. The second-order valence-corrected chi connectivity index (χ2v) is 5.86. The van der Waals surface area contributed by atoms with Gasteiger partial charge < -0.3 is 5.32 Å². The highest BCUT2D eigenvalue weighted by atomic mass is 35.5. The van der Waals surface area contributed by atoms with E-state index in [9.17, 15) is 4.79 Å². The summed E-state index contributed by atoms with van der Waals surface area (Å²) in [7, 11) is 0. The van der Waals surface area contributed by atoms with Crippen LogP contribution in [0.1, 0.15) is 24.7 Å². The number of aromatic nitrogens is 4. The molecule has 22 heavy (non-hydrogen) atoms. The number of amides is 1. The van der Waals surface area contributed by atoms with Gasteiger partial charge in [-0.25, -0.2) is 0 Å². The number of rotatable bonds is 7. The van der Waals surface area contributed by atoms with Crippen LogP contribution in [0.2, 0.25) is 5.02 Å². The maximum atomic E-state index is 12.1. The van der Waals surface area contributed by atoms with E-state index >= 15 is 0 Å². The molecule has 0 aromatic carbocycles. The van der Waals surface area contributed by atoms with Gasteiger partial charge in [0.2, 0.25) is 5.91 Å². The second-order valence-electron chi connectivity index (χ2n) is 5.48. The molecule has 0 spiro atoms. The summed E-state index contributed by atoms with van der Waals surface area (Å²) in [4.78, 5) is 12.1. The van der Waals surface area contributed by atoms with Crippen LogP contribution in [0, 0.1) is 19.8 Å². The smallest absolute Gasteiger partial charge is 0.224 e. The Labute approximate surface area is 135 Å². The quantitative estimate of drug-likeness (QED) is 0.794. The highest BCUT2D eigenvalue weighted by molar-refractivity contribution is 6.31. The van der Waals surface area contributed by atoms with E-state index in [1.807, 2.05) is 37.7 Å². The molecule has 0 fully saturated rings. The summed E-state index contributed by atoms with van der Waals surface area (Å²) < 4.78 is 3.65. The van der Waals surface area contributed by atoms with Gasteiger partial charge in [0.1, 0.15) is 0 Å². The van der Waals surface area contributed by atoms with Gasteiger partial charge in [0.05, 0.1) is 28.9 Å². The van der Waals surface area contributed by atoms with Crippen molar-refractivity contribution in [2.75, 3.05) is 6.54 Å². The van der Waals surface area contributed by atoms with Crippen molar-refractivity contribution in [1.29, 1.82) is 0 Å². The minimum Gasteiger partial charge on any atom is -0.356 e. The lowest BCUT2D eigenvalue weighted by molar-refractivity contribution is -0.124. The average Bonchev–Trinajstić information content (AvgIpc) is 3.09. The summed E-state index contributed by atoms with van der Waals surface area (Å²) in [6, 6.07) is 1.89. The Morgan fingerprint density at radius 1 is 1.45 bits per heavy atom. The molecule has 0 bridgehead atoms. The maximum Gasteiger partial charge on any atom is 0.224 e. The molecule has 0 saturated heterocycles. The number of carbonyl (C=O) groups excluding carboxylic acids is 1. The third-order valence-electron chi connectivity index (χ3n) is 3.61. The van der Waals surface area contributed by atoms with Crippen molar-refractivity contribution < 1.29 is 4.79 Å². The zero-order valence-electron chi connectivity index (χ0n) is 13.2. The second kappa shape index (κ2) is 7.45. The monoisotopic (exact) mass is 323 g/mol. The van der Waals surface area contributed by atoms with E-state index in [-0.39, 0.29) is 11.8 Å². The molecule has 1 unspecified atom stereocenters. The predicted octanol–water partition coefficient (Wildman–Crippen LogP) is 2.19. The van der Waals surface area contributed by atoms with Crippen LogP contribution in [0.3, 0.4) is 0 Å². The summed E-state index contributed by atoms with van der Waals surface area (Å²) in [6.07, 6.45) is 4.52. The van der Waals surface area contributed by atoms with Gasteiger partial charge in [-0.1, -0.05) is 18.5 Å². The third-order valence-corrected chi connectivity index (χ3v) is 4.16. The van der Waals surface area contributed by atoms with Crippen LogP contribution in [0.5, 0.6) is 0 Å². The maximum absolute atomic E-state index is 12.1. The highest BCUT2D eigenvalue weighted by Gasteiger charge is 2.16. The molecule has 2 aromatic heterocycles. The van der Waals surface area contributed by atoms with Gasteiger partial charge in [-0.05, 0) is 26.3 Å². The van der Waals surface area contributed by atoms with Crippen LogP contribution in [-0.4, -0.2) is 32.0 Å². The zero-order chi connectivity index (χ0) is 16.1. The van der Waals surface area contributed by atoms with Gasteiger partial charge in [-0.15, -0.1) is 0 Å². The molecule has 0 aliphatic carbocycles. The van der Waals surface area contributed by atoms with Gasteiger partial charge >= 0.3 is 0 Å². The van der Waals surface area contributed by atoms with Crippen molar-refractivity contribution in [3.05, 3.63) is 34.9 Å². The molecule has 2 aromatic rings. The lowest BCUT2D eigenvalue weighted by Crippen LogP contribution is -2.33. The molecule has 1 amide bonds. The SMILES string of the molecule is Cc1nn(CC(C)C(=O)NCCCn2cccn2)c(C)c1Cl. The van der Waals surface area contributed by atoms with Gasteiger partial charge in [0.15, 0.2) is 0 Å². The first kappa shape index (κ1) is 16.5. The molecule has 1 N–H and O–H groups in total. The van der Waals surface area contributed by atoms with Crippen LogP contribution in [0.25, 0.3) is 0 Å². The Morgan fingerprint density at radius 2 is 2.23 bits per heavy atom. The standard InChI is InChI=1S/C15H22ClN5O/c1-11(10-21-13(3)14(16)12(2)19-21)15(22)17-6-4-8-20-9-5-7-18-20/h5,7,9,11H,4,6,8,10H2,1-3H3,(H,17,22). The fourth-order valence-corrected chi connectivity index (χ4v) is 2.39. The van der Waals surface area contributed by atoms with E-state index in [4.69, 9.17) is 11.6 Å². The van der Waals surface area contributed by atoms with Crippen LogP contribution >= 0.6 is 11.6 Å². The molecule has 6 nitrogen and oxygen atoms in total. The molecule has 0 aliphatic heterocycles. The first-order valence-electron chi connectivity index (χ1n) is 7.43. The average molecular weight is 324 g/mol. The third kappa shape index (κ3) is 4.10. The van der Waals surface area contributed by atoms with Crippen LogP contribution < -0.4 is 5.32 Å². The molecule has 0 aliphatic rings. The molecule has 0 radical (unpaired) electrons. The normalized spacial score (nSPS) is 12.4. The van der Waals surface area contributed by atoms with Gasteiger partial charge in [0, 0.05) is 25.5 Å². The fourth-order valence-electron chi connectivity index (χ4n) is 2.25. The highest BCUT2D eigenvalue weighted by Crippen LogP contribution is 2.19. The number of nitrogens with zero attached hydrogens (tertiary/aromatic N) is 4. The van der Waals surface area contributed by atoms with Crippen molar-refractivity contribution in [1.82, 2.24) is 24.9 Å². The Balaban J connectivity index is 1.75. The molecule has 120 valence electrons. The fraction of sp³-hybridized carbons (Fsp3) is 0.533. The number of carbonyl (C=O) groups is 1. The first-order valence-corrected chi connectivity index (χ1v) is 7.81. The number of hydrogen-bond donors (Lipinski definition) is 1. The number of aryl methyl sites for hydroxylation is 2. The summed E-state index contributed by atoms with van der Waals surface area (Å²) in [5, 5.41) is 12.1. The van der Waals surface area contributed by atoms with Crippen LogP contribution in [-0.2, 0) is 17.9 Å². The van der Waals surface area contributed by atoms with Crippen LogP contribution in [0.4, 0.5) is 0 Å². The van der Waals surface area contributed by atoms with Crippen molar-refractivity contribution in [2.24, 2.45) is 5.92 Å². The van der Waals surface area contributed by atoms with E-state index in [1.54, 1.807) is 10.9 Å². The Kier molecular flexibility index (Phi) is 5.60. The van der Waals surface area contributed by atoms with E-state index in [0.29, 0.717) is 18.1 Å². The number of nitrogens with one attached hydrogen (secondary N) is 1. The van der Waals surface area contributed by atoms with Crippen LogP contribution in [0.15, 0.2) is 18.5 Å². The Morgan fingerprint density at radius 3 is 2.82 bits per heavy atom. The van der Waals surface area contributed by atoms with E-state index in [0.717, 1.165) is 24.4 Å². The van der Waals surface area contributed by atoms with E-state index < -0.39 is 0 Å². The summed E-state index contributed by atoms with van der Waals surface area (Å²) in [5.41, 5.74) is 1.70. The molecule has 1 atom stereocenters. The zero-order valence-corrected chi connectivity index (χ0v) is 14.0. The topological polar surface area (TPSA) is 64.7 Å². The van der Waals surface area contributed by atoms with E-state index in [2.05, 4.69) is 15.5 Å². The van der Waals surface area contributed by atoms with Gasteiger partial charge in [-0.2, -0.15) is 10.2 Å². The van der Waals surface area contributed by atoms with Crippen molar-refractivity contribution in [2.45, 2.75) is 40.3 Å². The minimum atomic E-state index is -0.154. The predicted molar refractivity (Wildman–Crippen MR) is 85.7 cm³/mol. The Bertz CT molecular complexity index is 620. The van der Waals surface area contributed by atoms with E-state index in [1.165, 1.54) is 0 Å². The lowest BCUT2D eigenvalue weighted by Gasteiger charge is -2.13. The number of halogens is 1. The summed E-state index contributed by atoms with van der Waals surface area (Å²) >= 11 is 6.12. The molecule has 2 heterocycles. The van der Waals surface area contributed by atoms with Crippen molar-refractivity contribution in [3.63, 3.8) is 0 Å². The summed E-state index contributed by atoms with van der Waals surface area (Å²) in [5.74, 6) is -0.122. The molecule has 0 saturated carbocycles. The van der Waals surface area contributed by atoms with Gasteiger partial charge in [-0.3, -0.25) is 14.2 Å². The summed E-state index contributed by atoms with van der Waals surface area (Å²) in [6.45, 7) is 7.65. The molecule has 7 heteroatoms. The molecular weight excluding hydrogens is 302 g/mol. The largest absolute Gasteiger partial charge is 0.356 e. The number of hydrogen-bond acceptors (Lipinski definition) is 3. The first-order chi connectivity index (χ1) is 10.5.